The number of rotatable bonds is 39. The number of aliphatic hydroxyl groups is 1. The van der Waals surface area contributed by atoms with Crippen LogP contribution in [-0.2, 0) is 78.4 Å². The summed E-state index contributed by atoms with van der Waals surface area (Å²) in [5, 5.41) is 46.8. The lowest BCUT2D eigenvalue weighted by Crippen LogP contribution is -2.61. The molecule has 0 radical (unpaired) electrons. The van der Waals surface area contributed by atoms with E-state index in [0.29, 0.717) is 56.0 Å². The van der Waals surface area contributed by atoms with Crippen molar-refractivity contribution in [3.05, 3.63) is 136 Å². The molecule has 5 aromatic rings. The third kappa shape index (κ3) is 26.4. The summed E-state index contributed by atoms with van der Waals surface area (Å²) in [6.45, 7) is 5.44. The van der Waals surface area contributed by atoms with Crippen molar-refractivity contribution in [3.63, 3.8) is 0 Å². The summed E-state index contributed by atoms with van der Waals surface area (Å²) in [6.07, 6.45) is 2.14. The van der Waals surface area contributed by atoms with E-state index in [1.54, 1.807) is 92.8 Å². The lowest BCUT2D eigenvalue weighted by Gasteiger charge is -2.31. The summed E-state index contributed by atoms with van der Waals surface area (Å²) in [7, 11) is 0. The Morgan fingerprint density at radius 2 is 0.971 bits per heavy atom. The van der Waals surface area contributed by atoms with Crippen LogP contribution in [0, 0.1) is 5.92 Å². The van der Waals surface area contributed by atoms with E-state index in [1.165, 1.54) is 43.0 Å². The Kier molecular flexibility index (Phi) is 31.8. The molecule has 556 valence electrons. The molecule has 1 aliphatic heterocycles. The molecule has 31 nitrogen and oxygen atoms in total. The number of phenols is 1. The number of phenolic OH excluding ortho intramolecular Hbond substituents is 1. The number of benzene rings is 4. The fourth-order valence-electron chi connectivity index (χ4n) is 11.6. The quantitative estimate of drug-likeness (QED) is 0.0138. The van der Waals surface area contributed by atoms with E-state index in [0.717, 1.165) is 0 Å². The minimum atomic E-state index is -1.84. The van der Waals surface area contributed by atoms with E-state index < -0.39 is 132 Å². The van der Waals surface area contributed by atoms with E-state index in [4.69, 9.17) is 51.9 Å². The molecule has 103 heavy (non-hydrogen) atoms. The van der Waals surface area contributed by atoms with E-state index in [2.05, 4.69) is 62.8 Å². The summed E-state index contributed by atoms with van der Waals surface area (Å²) in [5.41, 5.74) is 30.5. The van der Waals surface area contributed by atoms with Crippen LogP contribution in [0.3, 0.4) is 0 Å². The van der Waals surface area contributed by atoms with Gasteiger partial charge in [-0.25, -0.2) is 0 Å². The van der Waals surface area contributed by atoms with Crippen LogP contribution in [-0.4, -0.2) is 184 Å². The standard InChI is InChI=1S/C70H94Cl2N18O13/c1-38(2)31-52(61(96)84-51(14-9-29-79-70(76)77)68(103)90-30-10-15-58(90)67(102)81-39(3)59(73)94)85-60(95)50(13-7-8-28-78-69(74)75)83-63(98)54(34-43-20-26-47(93)27-21-43)87-66(101)57(37-91)89-65(100)56(35-44-36-80-49-12-6-5-11-48(44)49)88-64(99)55(33-42-18-24-46(72)25-19-42)86-62(97)53(82-40(4)92)32-41-16-22-45(71)23-17-41/h5-6,11-12,16-27,36,38-39,50-58,80,91,93H,7-10,13-15,28-35,37H2,1-4H3,(H2,73,94)(H,81,102)(H,82,92)(H,83,98)(H,84,96)(H,85,95)(H,86,97)(H,87,101)(H,88,99)(H,89,100)(H4,74,75,78)(H4,76,77,79)/t39-,50-,51+,52+,53-,54+,55-,56-,57+,58+/m1/s1. The van der Waals surface area contributed by atoms with Gasteiger partial charge in [-0.05, 0) is 129 Å². The second kappa shape index (κ2) is 40.2. The van der Waals surface area contributed by atoms with Crippen LogP contribution in [0.25, 0.3) is 10.9 Å². The normalized spacial score (nSPS) is 15.2. The Labute approximate surface area is 606 Å². The first-order valence-corrected chi connectivity index (χ1v) is 34.6. The molecule has 1 fully saturated rings. The van der Waals surface area contributed by atoms with Crippen molar-refractivity contribution < 1.29 is 63.0 Å². The Morgan fingerprint density at radius 3 is 1.49 bits per heavy atom. The molecule has 6 rings (SSSR count). The maximum Gasteiger partial charge on any atom is 0.245 e. The molecule has 11 amide bonds. The van der Waals surface area contributed by atoms with E-state index >= 15 is 0 Å². The van der Waals surface area contributed by atoms with Gasteiger partial charge in [0.2, 0.25) is 65.0 Å². The van der Waals surface area contributed by atoms with Crippen LogP contribution in [0.4, 0.5) is 0 Å². The zero-order valence-electron chi connectivity index (χ0n) is 57.8. The lowest BCUT2D eigenvalue weighted by atomic mass is 10.00. The molecule has 4 aromatic carbocycles. The van der Waals surface area contributed by atoms with Gasteiger partial charge in [0.05, 0.1) is 6.61 Å². The number of aliphatic imine (C=N–C) groups is 2. The van der Waals surface area contributed by atoms with E-state index in [9.17, 15) is 63.0 Å². The molecule has 1 saturated heterocycles. The minimum absolute atomic E-state index is 0.00422. The third-order valence-electron chi connectivity index (χ3n) is 16.9. The molecule has 22 N–H and O–H groups in total. The number of aromatic nitrogens is 1. The molecule has 0 saturated carbocycles. The fourth-order valence-corrected chi connectivity index (χ4v) is 11.8. The number of unbranched alkanes of at least 4 members (excludes halogenated alkanes) is 1. The largest absolute Gasteiger partial charge is 0.508 e. The van der Waals surface area contributed by atoms with Gasteiger partial charge in [-0.2, -0.15) is 0 Å². The maximum atomic E-state index is 15.0. The van der Waals surface area contributed by atoms with Crippen molar-refractivity contribution in [1.29, 1.82) is 0 Å². The number of primary amides is 1. The maximum absolute atomic E-state index is 15.0. The first-order chi connectivity index (χ1) is 49.0. The zero-order chi connectivity index (χ0) is 75.4. The average Bonchev–Trinajstić information content (AvgIpc) is 1.74. The summed E-state index contributed by atoms with van der Waals surface area (Å²) < 4.78 is 0. The zero-order valence-corrected chi connectivity index (χ0v) is 59.4. The minimum Gasteiger partial charge on any atom is -0.508 e. The Morgan fingerprint density at radius 1 is 0.534 bits per heavy atom. The van der Waals surface area contributed by atoms with E-state index in [1.807, 2.05) is 0 Å². The summed E-state index contributed by atoms with van der Waals surface area (Å²) in [4.78, 5) is 168. The van der Waals surface area contributed by atoms with Gasteiger partial charge in [-0.15, -0.1) is 0 Å². The number of para-hydroxylation sites is 1. The molecule has 33 heteroatoms. The Bertz CT molecular complexity index is 3810. The van der Waals surface area contributed by atoms with Gasteiger partial charge in [0, 0.05) is 79.4 Å². The number of nitrogens with one attached hydrogen (secondary N) is 10. The Balaban J connectivity index is 1.29. The predicted molar refractivity (Wildman–Crippen MR) is 388 cm³/mol. The SMILES string of the molecule is CC(=O)N[C@H](Cc1ccc(Cl)cc1)C(=O)N[C@H](Cc1ccc(Cl)cc1)C(=O)N[C@H](Cc1c[nH]c2ccccc12)C(=O)N[C@@H](CO)C(=O)N[C@@H](Cc1ccc(O)cc1)C(=O)N[C@H](CCCCN=C(N)N)C(=O)N[C@@H](CC(C)C)C(=O)N[C@@H](CCCN=C(N)N)C(=O)N1CCC[C@H]1C(=O)N[C@H](C)C(N)=O. The number of H-pyrrole nitrogens is 1. The van der Waals surface area contributed by atoms with Crippen molar-refractivity contribution in [1.82, 2.24) is 57.7 Å². The number of aromatic amines is 1. The number of nitrogens with zero attached hydrogens (tertiary/aromatic N) is 3. The molecule has 1 aromatic heterocycles. The first kappa shape index (κ1) is 81.4. The highest BCUT2D eigenvalue weighted by Crippen LogP contribution is 2.23. The van der Waals surface area contributed by atoms with Crippen LogP contribution >= 0.6 is 23.2 Å². The van der Waals surface area contributed by atoms with Crippen molar-refractivity contribution in [2.24, 2.45) is 44.6 Å². The van der Waals surface area contributed by atoms with Crippen LogP contribution < -0.4 is 76.5 Å². The molecular formula is C70H94Cl2N18O13. The van der Waals surface area contributed by atoms with Gasteiger partial charge in [-0.3, -0.25) is 62.7 Å². The molecule has 10 atom stereocenters. The average molecular weight is 1470 g/mol. The second-order valence-electron chi connectivity index (χ2n) is 25.7. The van der Waals surface area contributed by atoms with Crippen LogP contribution in [0.2, 0.25) is 10.0 Å². The molecule has 0 spiro atoms. The number of hydrogen-bond donors (Lipinski definition) is 17. The fraction of sp³-hybridized carbons (Fsp3) is 0.443. The monoisotopic (exact) mass is 1460 g/mol. The molecule has 2 heterocycles. The van der Waals surface area contributed by atoms with Crippen LogP contribution in [0.15, 0.2) is 113 Å². The summed E-state index contributed by atoms with van der Waals surface area (Å²) in [5.74, 6) is -9.78. The Hall–Kier alpha value is -10.5. The number of aliphatic hydroxyl groups excluding tert-OH is 1. The van der Waals surface area contributed by atoms with Crippen molar-refractivity contribution in [3.8, 4) is 5.75 Å². The number of guanidine groups is 2. The van der Waals surface area contributed by atoms with Gasteiger partial charge in [0.25, 0.3) is 0 Å². The van der Waals surface area contributed by atoms with Crippen molar-refractivity contribution in [2.75, 3.05) is 26.2 Å². The van der Waals surface area contributed by atoms with Gasteiger partial charge < -0.3 is 96.6 Å². The number of halogens is 2. The number of likely N-dealkylation sites (tertiary alicyclic amines) is 1. The highest BCUT2D eigenvalue weighted by atomic mass is 35.5. The van der Waals surface area contributed by atoms with Gasteiger partial charge >= 0.3 is 0 Å². The topological polar surface area (TPSA) is 510 Å². The highest BCUT2D eigenvalue weighted by molar-refractivity contribution is 6.30. The number of fused-ring (bicyclic) bond motifs is 1. The first-order valence-electron chi connectivity index (χ1n) is 33.8. The lowest BCUT2D eigenvalue weighted by molar-refractivity contribution is -0.142. The van der Waals surface area contributed by atoms with Gasteiger partial charge in [-0.1, -0.05) is 91.6 Å². The number of hydrogen-bond acceptors (Lipinski definition) is 15. The summed E-state index contributed by atoms with van der Waals surface area (Å²) >= 11 is 12.4. The number of carbonyl (C=O) groups is 11. The predicted octanol–water partition coefficient (Wildman–Crippen LogP) is -0.134. The molecule has 0 unspecified atom stereocenters. The van der Waals surface area contributed by atoms with Crippen molar-refractivity contribution in [2.45, 2.75) is 165 Å². The number of carbonyl (C=O) groups excluding carboxylic acids is 11. The van der Waals surface area contributed by atoms with Crippen molar-refractivity contribution >= 4 is 111 Å². The highest BCUT2D eigenvalue weighted by Gasteiger charge is 2.40. The third-order valence-corrected chi connectivity index (χ3v) is 17.4. The number of aromatic hydroxyl groups is 1. The second-order valence-corrected chi connectivity index (χ2v) is 26.5. The van der Waals surface area contributed by atoms with E-state index in [-0.39, 0.29) is 107 Å². The van der Waals surface area contributed by atoms with Crippen LogP contribution in [0.1, 0.15) is 101 Å². The molecule has 1 aliphatic rings. The molecule has 0 bridgehead atoms. The molecular weight excluding hydrogens is 1370 g/mol. The number of nitrogens with two attached hydrogens (primary N) is 5. The van der Waals surface area contributed by atoms with Crippen LogP contribution in [0.5, 0.6) is 5.75 Å². The molecule has 0 aliphatic carbocycles. The summed E-state index contributed by atoms with van der Waals surface area (Å²) in [6, 6.07) is 12.0. The smallest absolute Gasteiger partial charge is 0.245 e. The number of amides is 11. The van der Waals surface area contributed by atoms with Gasteiger partial charge in [0.15, 0.2) is 11.9 Å². The van der Waals surface area contributed by atoms with Gasteiger partial charge in [0.1, 0.15) is 66.2 Å².